The van der Waals surface area contributed by atoms with E-state index in [9.17, 15) is 18.4 Å². The minimum absolute atomic E-state index is 0.00765. The zero-order valence-electron chi connectivity index (χ0n) is 12.6. The molecule has 0 bridgehead atoms. The number of halogens is 4. The lowest BCUT2D eigenvalue weighted by Gasteiger charge is -2.44. The second kappa shape index (κ2) is 5.61. The molecule has 0 spiro atoms. The maximum atomic E-state index is 14.1. The lowest BCUT2D eigenvalue weighted by molar-refractivity contribution is -0.187. The number of hydrogen-bond donors (Lipinski definition) is 1. The van der Waals surface area contributed by atoms with Crippen molar-refractivity contribution in [1.82, 2.24) is 0 Å². The van der Waals surface area contributed by atoms with Gasteiger partial charge in [0.1, 0.15) is 0 Å². The van der Waals surface area contributed by atoms with Crippen LogP contribution in [0.2, 0.25) is 0 Å². The van der Waals surface area contributed by atoms with Gasteiger partial charge in [-0.25, -0.2) is 0 Å². The van der Waals surface area contributed by atoms with Crippen LogP contribution in [0.5, 0.6) is 0 Å². The van der Waals surface area contributed by atoms with Crippen molar-refractivity contribution in [3.63, 3.8) is 0 Å². The number of benzene rings is 1. The van der Waals surface area contributed by atoms with Gasteiger partial charge in [-0.05, 0) is 24.5 Å². The minimum Gasteiger partial charge on any atom is -0.288 e. The number of hydroxylamine groups is 1. The third-order valence-electron chi connectivity index (χ3n) is 4.60. The summed E-state index contributed by atoms with van der Waals surface area (Å²) < 4.78 is 42.2. The Morgan fingerprint density at radius 1 is 1.39 bits per heavy atom. The number of fused-ring (bicyclic) bond motifs is 1. The van der Waals surface area contributed by atoms with E-state index >= 15 is 0 Å². The van der Waals surface area contributed by atoms with E-state index < -0.39 is 17.5 Å². The highest BCUT2D eigenvalue weighted by Gasteiger charge is 2.61. The molecule has 1 fully saturated rings. The molecule has 2 aliphatic rings. The highest BCUT2D eigenvalue weighted by molar-refractivity contribution is 6.17. The third-order valence-corrected chi connectivity index (χ3v) is 4.91. The summed E-state index contributed by atoms with van der Waals surface area (Å²) in [6, 6.07) is 4.48. The highest BCUT2D eigenvalue weighted by Crippen LogP contribution is 2.52. The Bertz CT molecular complexity index is 675. The summed E-state index contributed by atoms with van der Waals surface area (Å²) in [5.74, 6) is 4.70. The molecule has 6 heteroatoms. The zero-order valence-corrected chi connectivity index (χ0v) is 13.4. The molecule has 2 atom stereocenters. The first-order chi connectivity index (χ1) is 10.8. The van der Waals surface area contributed by atoms with Crippen LogP contribution in [-0.2, 0) is 11.3 Å². The van der Waals surface area contributed by atoms with Crippen LogP contribution in [0, 0.1) is 23.7 Å². The van der Waals surface area contributed by atoms with Crippen molar-refractivity contribution in [3.05, 3.63) is 29.3 Å². The molecule has 1 aliphatic heterocycles. The summed E-state index contributed by atoms with van der Waals surface area (Å²) in [5, 5.41) is 11.0. The summed E-state index contributed by atoms with van der Waals surface area (Å²) in [4.78, 5) is 0. The lowest BCUT2D eigenvalue weighted by Crippen LogP contribution is -2.54. The summed E-state index contributed by atoms with van der Waals surface area (Å²) >= 11 is 5.77. The van der Waals surface area contributed by atoms with Gasteiger partial charge in [-0.2, -0.15) is 13.2 Å². The van der Waals surface area contributed by atoms with E-state index in [0.717, 1.165) is 17.9 Å². The fourth-order valence-electron chi connectivity index (χ4n) is 3.10. The van der Waals surface area contributed by atoms with Crippen LogP contribution in [0.4, 0.5) is 18.9 Å². The fourth-order valence-corrected chi connectivity index (χ4v) is 3.27. The Kier molecular flexibility index (Phi) is 4.02. The van der Waals surface area contributed by atoms with E-state index in [1.807, 2.05) is 0 Å². The predicted octanol–water partition coefficient (Wildman–Crippen LogP) is 4.48. The molecule has 1 N–H and O–H groups in total. The maximum Gasteiger partial charge on any atom is 0.409 e. The maximum absolute atomic E-state index is 14.1. The lowest BCUT2D eigenvalue weighted by atomic mass is 9.67. The van der Waals surface area contributed by atoms with Gasteiger partial charge in [-0.15, -0.1) is 11.6 Å². The van der Waals surface area contributed by atoms with Gasteiger partial charge in [0, 0.05) is 23.3 Å². The molecule has 1 aromatic rings. The molecule has 1 aromatic carbocycles. The van der Waals surface area contributed by atoms with Crippen LogP contribution >= 0.6 is 11.6 Å². The van der Waals surface area contributed by atoms with Gasteiger partial charge in [0.2, 0.25) is 0 Å². The van der Waals surface area contributed by atoms with Gasteiger partial charge in [0.15, 0.2) is 5.41 Å². The summed E-state index contributed by atoms with van der Waals surface area (Å²) in [6.45, 7) is 1.36. The largest absolute Gasteiger partial charge is 0.409 e. The Balaban J connectivity index is 2.22. The molecular formula is C17H17ClF3NO. The Labute approximate surface area is 138 Å². The van der Waals surface area contributed by atoms with Gasteiger partial charge >= 0.3 is 6.18 Å². The zero-order chi connectivity index (χ0) is 16.8. The molecule has 3 rings (SSSR count). The molecule has 0 saturated heterocycles. The second-order valence-electron chi connectivity index (χ2n) is 6.32. The van der Waals surface area contributed by atoms with Crippen molar-refractivity contribution in [2.24, 2.45) is 11.8 Å². The third kappa shape index (κ3) is 2.68. The van der Waals surface area contributed by atoms with E-state index in [0.29, 0.717) is 5.56 Å². The van der Waals surface area contributed by atoms with Crippen LogP contribution in [0.15, 0.2) is 18.2 Å². The first kappa shape index (κ1) is 16.5. The van der Waals surface area contributed by atoms with Crippen LogP contribution in [0.1, 0.15) is 30.9 Å². The SMILES string of the molecule is CC1CN(O)c2cc(CCl)ccc2C1(C#CC1CC1)C(F)(F)F. The van der Waals surface area contributed by atoms with Crippen LogP contribution < -0.4 is 5.06 Å². The number of anilines is 1. The van der Waals surface area contributed by atoms with Gasteiger partial charge in [-0.1, -0.05) is 30.9 Å². The fraction of sp³-hybridized carbons (Fsp3) is 0.529. The smallest absolute Gasteiger partial charge is 0.288 e. The van der Waals surface area contributed by atoms with Gasteiger partial charge in [0.05, 0.1) is 12.2 Å². The van der Waals surface area contributed by atoms with Crippen LogP contribution in [0.25, 0.3) is 0 Å². The Morgan fingerprint density at radius 3 is 2.65 bits per heavy atom. The van der Waals surface area contributed by atoms with Crippen molar-refractivity contribution in [2.75, 3.05) is 11.6 Å². The number of hydrogen-bond acceptors (Lipinski definition) is 2. The van der Waals surface area contributed by atoms with Crippen molar-refractivity contribution in [2.45, 2.75) is 37.2 Å². The second-order valence-corrected chi connectivity index (χ2v) is 6.58. The van der Waals surface area contributed by atoms with E-state index in [1.54, 1.807) is 6.07 Å². The summed E-state index contributed by atoms with van der Waals surface area (Å²) in [6.07, 6.45) is -2.80. The average Bonchev–Trinajstić information content (AvgIpc) is 3.30. The molecule has 0 aromatic heterocycles. The van der Waals surface area contributed by atoms with Gasteiger partial charge in [0.25, 0.3) is 0 Å². The highest BCUT2D eigenvalue weighted by atomic mass is 35.5. The van der Waals surface area contributed by atoms with Crippen molar-refractivity contribution in [3.8, 4) is 11.8 Å². The van der Waals surface area contributed by atoms with E-state index in [1.165, 1.54) is 19.1 Å². The van der Waals surface area contributed by atoms with Gasteiger partial charge in [-0.3, -0.25) is 10.3 Å². The molecule has 2 unspecified atom stereocenters. The van der Waals surface area contributed by atoms with Crippen LogP contribution in [-0.4, -0.2) is 17.9 Å². The number of rotatable bonds is 1. The van der Waals surface area contributed by atoms with Crippen molar-refractivity contribution < 1.29 is 18.4 Å². The molecule has 1 saturated carbocycles. The summed E-state index contributed by atoms with van der Waals surface area (Å²) in [5.41, 5.74) is -1.45. The molecular weight excluding hydrogens is 327 g/mol. The predicted molar refractivity (Wildman–Crippen MR) is 82.5 cm³/mol. The quantitative estimate of drug-likeness (QED) is 0.600. The Morgan fingerprint density at radius 2 is 2.09 bits per heavy atom. The Hall–Kier alpha value is -1.38. The first-order valence-electron chi connectivity index (χ1n) is 7.55. The van der Waals surface area contributed by atoms with E-state index in [-0.39, 0.29) is 29.6 Å². The average molecular weight is 344 g/mol. The molecule has 124 valence electrons. The topological polar surface area (TPSA) is 23.5 Å². The molecule has 0 amide bonds. The molecule has 1 heterocycles. The first-order valence-corrected chi connectivity index (χ1v) is 8.08. The number of nitrogens with zero attached hydrogens (tertiary/aromatic N) is 1. The van der Waals surface area contributed by atoms with E-state index in [4.69, 9.17) is 11.6 Å². The monoisotopic (exact) mass is 343 g/mol. The van der Waals surface area contributed by atoms with Crippen molar-refractivity contribution >= 4 is 17.3 Å². The molecule has 1 aliphatic carbocycles. The number of alkyl halides is 4. The van der Waals surface area contributed by atoms with Crippen molar-refractivity contribution in [1.29, 1.82) is 0 Å². The normalized spacial score (nSPS) is 27.2. The molecule has 23 heavy (non-hydrogen) atoms. The summed E-state index contributed by atoms with van der Waals surface area (Å²) in [7, 11) is 0. The van der Waals surface area contributed by atoms with E-state index in [2.05, 4.69) is 11.8 Å². The minimum atomic E-state index is -4.52. The molecule has 0 radical (unpaired) electrons. The van der Waals surface area contributed by atoms with Gasteiger partial charge < -0.3 is 0 Å². The molecule has 2 nitrogen and oxygen atoms in total. The standard InChI is InChI=1S/C17H17ClF3NO/c1-11-10-22(23)15-8-13(9-18)4-5-14(15)16(11,17(19,20)21)7-6-12-2-3-12/h4-5,8,11-12,23H,2-3,9-10H2,1H3. The van der Waals surface area contributed by atoms with Crippen LogP contribution in [0.3, 0.4) is 0 Å².